The second-order valence-electron chi connectivity index (χ2n) is 10.7. The van der Waals surface area contributed by atoms with E-state index >= 15 is 0 Å². The third kappa shape index (κ3) is 18.2. The van der Waals surface area contributed by atoms with E-state index in [-0.39, 0.29) is 0 Å². The van der Waals surface area contributed by atoms with Crippen molar-refractivity contribution in [1.29, 1.82) is 0 Å². The minimum absolute atomic E-state index is 1.28. The molecule has 33 heavy (non-hydrogen) atoms. The van der Waals surface area contributed by atoms with Gasteiger partial charge in [-0.05, 0) is 31.2 Å². The number of hydrogen-bond donors (Lipinski definition) is 0. The van der Waals surface area contributed by atoms with Crippen molar-refractivity contribution in [3.05, 3.63) is 29.6 Å². The maximum absolute atomic E-state index is 2.39. The summed E-state index contributed by atoms with van der Waals surface area (Å²) in [6.07, 6.45) is 38.7. The van der Waals surface area contributed by atoms with E-state index in [2.05, 4.69) is 43.9 Å². The molecule has 1 aromatic heterocycles. The van der Waals surface area contributed by atoms with Crippen molar-refractivity contribution in [2.75, 3.05) is 0 Å². The first-order valence-corrected chi connectivity index (χ1v) is 15.2. The highest BCUT2D eigenvalue weighted by molar-refractivity contribution is 5.21. The Morgan fingerprint density at radius 1 is 0.455 bits per heavy atom. The Labute approximate surface area is 209 Å². The van der Waals surface area contributed by atoms with Crippen molar-refractivity contribution in [1.82, 2.24) is 0 Å². The van der Waals surface area contributed by atoms with Crippen LogP contribution < -0.4 is 4.57 Å². The molecule has 0 aliphatic heterocycles. The summed E-state index contributed by atoms with van der Waals surface area (Å²) in [5.41, 5.74) is 3.24. The topological polar surface area (TPSA) is 3.88 Å². The van der Waals surface area contributed by atoms with Crippen LogP contribution in [0.15, 0.2) is 18.5 Å². The lowest BCUT2D eigenvalue weighted by molar-refractivity contribution is -0.672. The number of unbranched alkanes of at least 4 members (excludes halogenated alkanes) is 20. The van der Waals surface area contributed by atoms with Crippen molar-refractivity contribution >= 4 is 0 Å². The molecule has 0 radical (unpaired) electrons. The van der Waals surface area contributed by atoms with Gasteiger partial charge >= 0.3 is 0 Å². The van der Waals surface area contributed by atoms with Crippen LogP contribution in [0.3, 0.4) is 0 Å². The molecular formula is C32H60N+. The summed E-state index contributed by atoms with van der Waals surface area (Å²) in [7, 11) is 2.18. The average Bonchev–Trinajstić information content (AvgIpc) is 2.82. The first kappa shape index (κ1) is 30.2. The van der Waals surface area contributed by atoms with Gasteiger partial charge in [0, 0.05) is 11.6 Å². The standard InChI is InChI=1S/C32H60N/c1-4-6-8-10-12-14-16-18-20-22-24-26-31-28-29-33(3)30-32(31)27-25-23-21-19-17-15-13-11-9-7-5-2/h28-30H,4-27H2,1-3H3/q+1. The normalized spacial score (nSPS) is 11.4. The zero-order valence-corrected chi connectivity index (χ0v) is 23.1. The lowest BCUT2D eigenvalue weighted by atomic mass is 9.97. The number of nitrogens with zero attached hydrogens (tertiary/aromatic N) is 1. The lowest BCUT2D eigenvalue weighted by Crippen LogP contribution is -2.27. The Morgan fingerprint density at radius 2 is 0.788 bits per heavy atom. The Hall–Kier alpha value is -0.850. The predicted octanol–water partition coefficient (Wildman–Crippen LogP) is 10.2. The molecule has 0 unspecified atom stereocenters. The van der Waals surface area contributed by atoms with Gasteiger partial charge < -0.3 is 0 Å². The Balaban J connectivity index is 2.07. The maximum atomic E-state index is 2.39. The Kier molecular flexibility index (Phi) is 21.0. The summed E-state index contributed by atoms with van der Waals surface area (Å²) in [5, 5.41) is 0. The quantitative estimate of drug-likeness (QED) is 0.107. The van der Waals surface area contributed by atoms with Crippen molar-refractivity contribution in [3.63, 3.8) is 0 Å². The first-order valence-electron chi connectivity index (χ1n) is 15.2. The molecule has 0 aliphatic rings. The van der Waals surface area contributed by atoms with Crippen molar-refractivity contribution in [2.24, 2.45) is 7.05 Å². The van der Waals surface area contributed by atoms with Crippen LogP contribution in [0.4, 0.5) is 0 Å². The van der Waals surface area contributed by atoms with Crippen LogP contribution in [-0.2, 0) is 19.9 Å². The molecule has 0 saturated carbocycles. The van der Waals surface area contributed by atoms with Gasteiger partial charge in [0.05, 0.1) is 0 Å². The number of aryl methyl sites for hydroxylation is 3. The summed E-state index contributed by atoms with van der Waals surface area (Å²) in [6.45, 7) is 4.61. The molecule has 0 amide bonds. The molecule has 1 rings (SSSR count). The molecule has 0 spiro atoms. The molecule has 1 aromatic rings. The van der Waals surface area contributed by atoms with Crippen LogP contribution in [0.2, 0.25) is 0 Å². The molecule has 0 atom stereocenters. The highest BCUT2D eigenvalue weighted by Crippen LogP contribution is 2.17. The third-order valence-corrected chi connectivity index (χ3v) is 7.38. The molecular weight excluding hydrogens is 398 g/mol. The van der Waals surface area contributed by atoms with E-state index in [1.165, 1.54) is 154 Å². The van der Waals surface area contributed by atoms with Gasteiger partial charge in [-0.25, -0.2) is 4.57 Å². The molecule has 1 nitrogen and oxygen atoms in total. The van der Waals surface area contributed by atoms with Crippen LogP contribution in [0, 0.1) is 0 Å². The van der Waals surface area contributed by atoms with E-state index < -0.39 is 0 Å². The van der Waals surface area contributed by atoms with E-state index in [1.807, 2.05) is 0 Å². The van der Waals surface area contributed by atoms with Crippen LogP contribution in [0.5, 0.6) is 0 Å². The van der Waals surface area contributed by atoms with Gasteiger partial charge in [0.15, 0.2) is 12.4 Å². The monoisotopic (exact) mass is 458 g/mol. The summed E-state index contributed by atoms with van der Waals surface area (Å²) < 4.78 is 2.25. The third-order valence-electron chi connectivity index (χ3n) is 7.38. The molecule has 0 aromatic carbocycles. The van der Waals surface area contributed by atoms with Gasteiger partial charge in [-0.2, -0.15) is 0 Å². The zero-order valence-electron chi connectivity index (χ0n) is 23.1. The largest absolute Gasteiger partial charge is 0.208 e. The van der Waals surface area contributed by atoms with Crippen LogP contribution in [-0.4, -0.2) is 0 Å². The number of rotatable bonds is 24. The van der Waals surface area contributed by atoms with Gasteiger partial charge in [-0.3, -0.25) is 0 Å². The average molecular weight is 459 g/mol. The fourth-order valence-electron chi connectivity index (χ4n) is 5.11. The smallest absolute Gasteiger partial charge is 0.171 e. The lowest BCUT2D eigenvalue weighted by Gasteiger charge is -2.08. The van der Waals surface area contributed by atoms with Gasteiger partial charge in [0.25, 0.3) is 0 Å². The zero-order chi connectivity index (χ0) is 23.8. The van der Waals surface area contributed by atoms with Gasteiger partial charge in [-0.15, -0.1) is 0 Å². The van der Waals surface area contributed by atoms with Gasteiger partial charge in [-0.1, -0.05) is 142 Å². The Bertz CT molecular complexity index is 535. The van der Waals surface area contributed by atoms with E-state index in [9.17, 15) is 0 Å². The highest BCUT2D eigenvalue weighted by atomic mass is 14.9. The number of pyridine rings is 1. The van der Waals surface area contributed by atoms with Crippen LogP contribution in [0.1, 0.15) is 166 Å². The summed E-state index contributed by atoms with van der Waals surface area (Å²) >= 11 is 0. The van der Waals surface area contributed by atoms with E-state index in [0.717, 1.165) is 0 Å². The molecule has 192 valence electrons. The predicted molar refractivity (Wildman–Crippen MR) is 148 cm³/mol. The minimum atomic E-state index is 1.28. The summed E-state index contributed by atoms with van der Waals surface area (Å²) in [5.74, 6) is 0. The fourth-order valence-corrected chi connectivity index (χ4v) is 5.11. The maximum Gasteiger partial charge on any atom is 0.171 e. The SMILES string of the molecule is CCCCCCCCCCCCCc1cc[n+](C)cc1CCCCCCCCCCCCC. The molecule has 0 fully saturated rings. The molecule has 0 aliphatic carbocycles. The molecule has 0 saturated heterocycles. The van der Waals surface area contributed by atoms with Crippen LogP contribution >= 0.6 is 0 Å². The van der Waals surface area contributed by atoms with E-state index in [1.54, 1.807) is 11.1 Å². The number of hydrogen-bond acceptors (Lipinski definition) is 0. The Morgan fingerprint density at radius 3 is 1.18 bits per heavy atom. The highest BCUT2D eigenvalue weighted by Gasteiger charge is 2.07. The molecule has 0 N–H and O–H groups in total. The van der Waals surface area contributed by atoms with Crippen molar-refractivity contribution in [3.8, 4) is 0 Å². The number of aromatic nitrogens is 1. The fraction of sp³-hybridized carbons (Fsp3) is 0.844. The molecule has 1 heteroatoms. The van der Waals surface area contributed by atoms with Crippen molar-refractivity contribution < 1.29 is 4.57 Å². The second-order valence-corrected chi connectivity index (χ2v) is 10.7. The van der Waals surface area contributed by atoms with Crippen LogP contribution in [0.25, 0.3) is 0 Å². The van der Waals surface area contributed by atoms with E-state index in [4.69, 9.17) is 0 Å². The second kappa shape index (κ2) is 22.9. The summed E-state index contributed by atoms with van der Waals surface area (Å²) in [6, 6.07) is 2.39. The molecule has 0 bridgehead atoms. The summed E-state index contributed by atoms with van der Waals surface area (Å²) in [4.78, 5) is 0. The van der Waals surface area contributed by atoms with E-state index in [0.29, 0.717) is 0 Å². The molecule has 1 heterocycles. The van der Waals surface area contributed by atoms with Gasteiger partial charge in [0.1, 0.15) is 7.05 Å². The minimum Gasteiger partial charge on any atom is -0.208 e. The van der Waals surface area contributed by atoms with Gasteiger partial charge in [0.2, 0.25) is 0 Å². The first-order chi connectivity index (χ1) is 16.3. The van der Waals surface area contributed by atoms with Crippen molar-refractivity contribution in [2.45, 2.75) is 168 Å².